The first-order valence-corrected chi connectivity index (χ1v) is 11.9. The highest BCUT2D eigenvalue weighted by Crippen LogP contribution is 2.29. The van der Waals surface area contributed by atoms with Crippen molar-refractivity contribution in [1.29, 1.82) is 0 Å². The number of likely N-dealkylation sites (tertiary alicyclic amines) is 1. The Morgan fingerprint density at radius 2 is 1.61 bits per heavy atom. The number of nitrogens with one attached hydrogen (secondary N) is 2. The molecular formula is C25H37N3O3. The number of benzene rings is 1. The standard InChI is InChI=1S/C25H37N3O3/c1-4-18(3)26-24(30)22(27-23(29)20-11-9-17(2)10-12-20)19-13-15-28(16-14-19)25(31)21-7-5-6-8-21/h9-12,18-19,21-22H,4-8,13-16H2,1-3H3,(H,26,30)(H,27,29)/t18-,22-/m0/s1. The van der Waals surface area contributed by atoms with Crippen molar-refractivity contribution in [2.45, 2.75) is 77.8 Å². The highest BCUT2D eigenvalue weighted by molar-refractivity contribution is 5.97. The summed E-state index contributed by atoms with van der Waals surface area (Å²) in [6.07, 6.45) is 6.59. The van der Waals surface area contributed by atoms with Crippen LogP contribution in [0.15, 0.2) is 24.3 Å². The Morgan fingerprint density at radius 1 is 1.00 bits per heavy atom. The highest BCUT2D eigenvalue weighted by Gasteiger charge is 2.36. The summed E-state index contributed by atoms with van der Waals surface area (Å²) in [6, 6.07) is 6.84. The summed E-state index contributed by atoms with van der Waals surface area (Å²) in [7, 11) is 0. The topological polar surface area (TPSA) is 78.5 Å². The third-order valence-electron chi connectivity index (χ3n) is 6.91. The molecule has 6 nitrogen and oxygen atoms in total. The molecule has 0 aromatic heterocycles. The van der Waals surface area contributed by atoms with Gasteiger partial charge in [-0.2, -0.15) is 0 Å². The van der Waals surface area contributed by atoms with Crippen LogP contribution < -0.4 is 10.6 Å². The number of hydrogen-bond acceptors (Lipinski definition) is 3. The Kier molecular flexibility index (Phi) is 8.10. The molecule has 3 rings (SSSR count). The van der Waals surface area contributed by atoms with Gasteiger partial charge in [-0.15, -0.1) is 0 Å². The maximum Gasteiger partial charge on any atom is 0.251 e. The van der Waals surface area contributed by atoms with Crippen LogP contribution in [0.3, 0.4) is 0 Å². The molecule has 2 N–H and O–H groups in total. The fourth-order valence-electron chi connectivity index (χ4n) is 4.65. The molecule has 0 bridgehead atoms. The second kappa shape index (κ2) is 10.8. The molecule has 6 heteroatoms. The number of amides is 3. The molecule has 0 unspecified atom stereocenters. The Balaban J connectivity index is 1.66. The molecule has 1 heterocycles. The van der Waals surface area contributed by atoms with Gasteiger partial charge in [0.1, 0.15) is 6.04 Å². The van der Waals surface area contributed by atoms with Crippen molar-refractivity contribution < 1.29 is 14.4 Å². The van der Waals surface area contributed by atoms with Crippen molar-refractivity contribution in [2.24, 2.45) is 11.8 Å². The van der Waals surface area contributed by atoms with Crippen molar-refractivity contribution in [3.63, 3.8) is 0 Å². The lowest BCUT2D eigenvalue weighted by atomic mass is 9.87. The van der Waals surface area contributed by atoms with Gasteiger partial charge in [0.2, 0.25) is 11.8 Å². The monoisotopic (exact) mass is 427 g/mol. The van der Waals surface area contributed by atoms with E-state index in [9.17, 15) is 14.4 Å². The number of rotatable bonds is 7. The van der Waals surface area contributed by atoms with Gasteiger partial charge in [0.25, 0.3) is 5.91 Å². The van der Waals surface area contributed by atoms with Crippen molar-refractivity contribution >= 4 is 17.7 Å². The number of hydrogen-bond donors (Lipinski definition) is 2. The summed E-state index contributed by atoms with van der Waals surface area (Å²) in [4.78, 5) is 40.6. The lowest BCUT2D eigenvalue weighted by Gasteiger charge is -2.37. The van der Waals surface area contributed by atoms with E-state index in [4.69, 9.17) is 0 Å². The number of piperidine rings is 1. The van der Waals surface area contributed by atoms with E-state index in [2.05, 4.69) is 10.6 Å². The molecule has 1 saturated carbocycles. The van der Waals surface area contributed by atoms with E-state index in [1.807, 2.05) is 37.8 Å². The van der Waals surface area contributed by atoms with E-state index < -0.39 is 6.04 Å². The third-order valence-corrected chi connectivity index (χ3v) is 6.91. The van der Waals surface area contributed by atoms with E-state index in [0.29, 0.717) is 18.7 Å². The van der Waals surface area contributed by atoms with Gasteiger partial charge in [0.15, 0.2) is 0 Å². The van der Waals surface area contributed by atoms with Gasteiger partial charge < -0.3 is 15.5 Å². The Morgan fingerprint density at radius 3 is 2.19 bits per heavy atom. The predicted octanol–water partition coefficient (Wildman–Crippen LogP) is 3.44. The third kappa shape index (κ3) is 6.08. The fraction of sp³-hybridized carbons (Fsp3) is 0.640. The van der Waals surface area contributed by atoms with Crippen LogP contribution in [0.1, 0.15) is 74.7 Å². The lowest BCUT2D eigenvalue weighted by Crippen LogP contribution is -2.55. The molecule has 2 fully saturated rings. The van der Waals surface area contributed by atoms with Gasteiger partial charge in [0, 0.05) is 30.6 Å². The lowest BCUT2D eigenvalue weighted by molar-refractivity contribution is -0.137. The molecular weight excluding hydrogens is 390 g/mol. The summed E-state index contributed by atoms with van der Waals surface area (Å²) < 4.78 is 0. The summed E-state index contributed by atoms with van der Waals surface area (Å²) in [6.45, 7) is 7.29. The Bertz CT molecular complexity index is 763. The van der Waals surface area contributed by atoms with Crippen LogP contribution in [-0.4, -0.2) is 47.8 Å². The molecule has 2 aliphatic rings. The molecule has 1 aromatic carbocycles. The maximum absolute atomic E-state index is 13.1. The minimum absolute atomic E-state index is 0.0195. The van der Waals surface area contributed by atoms with Gasteiger partial charge in [-0.3, -0.25) is 14.4 Å². The van der Waals surface area contributed by atoms with Crippen LogP contribution in [0.5, 0.6) is 0 Å². The largest absolute Gasteiger partial charge is 0.352 e. The summed E-state index contributed by atoms with van der Waals surface area (Å²) in [5.41, 5.74) is 1.64. The molecule has 170 valence electrons. The van der Waals surface area contributed by atoms with Crippen LogP contribution >= 0.6 is 0 Å². The molecule has 2 atom stereocenters. The average Bonchev–Trinajstić information content (AvgIpc) is 3.32. The first kappa shape index (κ1) is 23.3. The van der Waals surface area contributed by atoms with E-state index in [0.717, 1.165) is 50.5 Å². The van der Waals surface area contributed by atoms with E-state index in [-0.39, 0.29) is 35.6 Å². The van der Waals surface area contributed by atoms with Crippen LogP contribution in [0.25, 0.3) is 0 Å². The van der Waals surface area contributed by atoms with E-state index >= 15 is 0 Å². The second-order valence-electron chi connectivity index (χ2n) is 9.28. The SMILES string of the molecule is CC[C@H](C)NC(=O)[C@@H](NC(=O)c1ccc(C)cc1)C1CCN(C(=O)C2CCCC2)CC1. The van der Waals surface area contributed by atoms with Crippen LogP contribution in [-0.2, 0) is 9.59 Å². The summed E-state index contributed by atoms with van der Waals surface area (Å²) in [5, 5.41) is 6.03. The molecule has 1 saturated heterocycles. The van der Waals surface area contributed by atoms with Crippen molar-refractivity contribution in [2.75, 3.05) is 13.1 Å². The van der Waals surface area contributed by atoms with Crippen molar-refractivity contribution in [3.8, 4) is 0 Å². The number of aryl methyl sites for hydroxylation is 1. The molecule has 0 spiro atoms. The molecule has 1 aliphatic heterocycles. The molecule has 1 aliphatic carbocycles. The maximum atomic E-state index is 13.1. The molecule has 1 aromatic rings. The van der Waals surface area contributed by atoms with Gasteiger partial charge in [-0.25, -0.2) is 0 Å². The van der Waals surface area contributed by atoms with Gasteiger partial charge in [-0.1, -0.05) is 37.5 Å². The quantitative estimate of drug-likeness (QED) is 0.700. The first-order chi connectivity index (χ1) is 14.9. The fourth-order valence-corrected chi connectivity index (χ4v) is 4.65. The van der Waals surface area contributed by atoms with Gasteiger partial charge >= 0.3 is 0 Å². The summed E-state index contributed by atoms with van der Waals surface area (Å²) in [5.74, 6) is 0.123. The number of carbonyl (C=O) groups excluding carboxylic acids is 3. The minimum atomic E-state index is -0.591. The minimum Gasteiger partial charge on any atom is -0.352 e. The number of carbonyl (C=O) groups is 3. The second-order valence-corrected chi connectivity index (χ2v) is 9.28. The van der Waals surface area contributed by atoms with Crippen LogP contribution in [0, 0.1) is 18.8 Å². The zero-order valence-electron chi connectivity index (χ0n) is 19.2. The zero-order valence-corrected chi connectivity index (χ0v) is 19.2. The van der Waals surface area contributed by atoms with Crippen molar-refractivity contribution in [1.82, 2.24) is 15.5 Å². The average molecular weight is 428 g/mol. The summed E-state index contributed by atoms with van der Waals surface area (Å²) >= 11 is 0. The predicted molar refractivity (Wildman–Crippen MR) is 122 cm³/mol. The molecule has 3 amide bonds. The first-order valence-electron chi connectivity index (χ1n) is 11.9. The molecule has 31 heavy (non-hydrogen) atoms. The highest BCUT2D eigenvalue weighted by atomic mass is 16.2. The van der Waals surface area contributed by atoms with E-state index in [1.165, 1.54) is 0 Å². The van der Waals surface area contributed by atoms with Crippen LogP contribution in [0.4, 0.5) is 0 Å². The number of nitrogens with zero attached hydrogens (tertiary/aromatic N) is 1. The van der Waals surface area contributed by atoms with Gasteiger partial charge in [0.05, 0.1) is 0 Å². The van der Waals surface area contributed by atoms with Crippen LogP contribution in [0.2, 0.25) is 0 Å². The van der Waals surface area contributed by atoms with Crippen molar-refractivity contribution in [3.05, 3.63) is 35.4 Å². The Labute approximate surface area is 186 Å². The Hall–Kier alpha value is -2.37. The van der Waals surface area contributed by atoms with Gasteiger partial charge in [-0.05, 0) is 64.0 Å². The molecule has 0 radical (unpaired) electrons. The van der Waals surface area contributed by atoms with E-state index in [1.54, 1.807) is 12.1 Å². The zero-order chi connectivity index (χ0) is 22.4. The normalized spacial score (nSPS) is 19.6. The smallest absolute Gasteiger partial charge is 0.251 e.